The molecule has 8 nitrogen and oxygen atoms in total. The molecule has 0 bridgehead atoms. The Bertz CT molecular complexity index is 856. The van der Waals surface area contributed by atoms with E-state index >= 15 is 0 Å². The van der Waals surface area contributed by atoms with Crippen molar-refractivity contribution in [1.29, 1.82) is 0 Å². The highest BCUT2D eigenvalue weighted by Crippen LogP contribution is 2.19. The number of benzene rings is 2. The van der Waals surface area contributed by atoms with Gasteiger partial charge in [-0.05, 0) is 24.3 Å². The number of esters is 2. The van der Waals surface area contributed by atoms with Crippen molar-refractivity contribution in [3.63, 3.8) is 0 Å². The summed E-state index contributed by atoms with van der Waals surface area (Å²) in [6.07, 6.45) is 0. The molecule has 0 aliphatic heterocycles. The van der Waals surface area contributed by atoms with Gasteiger partial charge < -0.3 is 9.47 Å². The summed E-state index contributed by atoms with van der Waals surface area (Å²) in [6, 6.07) is 8.91. The minimum absolute atomic E-state index is 0.0328. The average molecular weight is 343 g/mol. The monoisotopic (exact) mass is 343 g/mol. The van der Waals surface area contributed by atoms with Crippen molar-refractivity contribution in [3.05, 3.63) is 74.8 Å². The van der Waals surface area contributed by atoms with Crippen LogP contribution in [0.4, 0.5) is 5.69 Å². The van der Waals surface area contributed by atoms with Crippen LogP contribution >= 0.6 is 0 Å². The molecule has 0 N–H and O–H groups in total. The van der Waals surface area contributed by atoms with Gasteiger partial charge in [-0.1, -0.05) is 6.07 Å². The highest BCUT2D eigenvalue weighted by atomic mass is 16.6. The number of non-ortho nitro benzene ring substituents is 1. The van der Waals surface area contributed by atoms with Crippen LogP contribution in [0.2, 0.25) is 0 Å². The maximum atomic E-state index is 12.5. The molecule has 0 amide bonds. The van der Waals surface area contributed by atoms with E-state index < -0.39 is 22.6 Å². The Morgan fingerprint density at radius 2 is 1.36 bits per heavy atom. The molecule has 2 rings (SSSR count). The summed E-state index contributed by atoms with van der Waals surface area (Å²) in [5, 5.41) is 10.7. The molecule has 25 heavy (non-hydrogen) atoms. The highest BCUT2D eigenvalue weighted by Gasteiger charge is 2.21. The lowest BCUT2D eigenvalue weighted by atomic mass is 9.98. The number of nitro benzene ring substituents is 1. The highest BCUT2D eigenvalue weighted by molar-refractivity contribution is 6.11. The summed E-state index contributed by atoms with van der Waals surface area (Å²) in [4.78, 5) is 46.2. The largest absolute Gasteiger partial charge is 0.465 e. The molecule has 2 aromatic carbocycles. The van der Waals surface area contributed by atoms with Gasteiger partial charge in [-0.25, -0.2) is 9.59 Å². The summed E-state index contributed by atoms with van der Waals surface area (Å²) in [7, 11) is 2.31. The average Bonchev–Trinajstić information content (AvgIpc) is 2.65. The number of carbonyl (C=O) groups excluding carboxylic acids is 3. The number of hydrogen-bond donors (Lipinski definition) is 0. The standard InChI is InChI=1S/C17H13NO7/c1-24-16(20)13-8-5-11(9-14(13)17(21)25-2)15(19)10-3-6-12(7-4-10)18(22)23/h3-9H,1-2H3. The van der Waals surface area contributed by atoms with Crippen LogP contribution in [0.3, 0.4) is 0 Å². The number of methoxy groups -OCH3 is 2. The zero-order valence-electron chi connectivity index (χ0n) is 13.3. The number of ketones is 1. The van der Waals surface area contributed by atoms with Gasteiger partial charge >= 0.3 is 11.9 Å². The van der Waals surface area contributed by atoms with E-state index in [4.69, 9.17) is 0 Å². The van der Waals surface area contributed by atoms with Gasteiger partial charge in [-0.3, -0.25) is 14.9 Å². The lowest BCUT2D eigenvalue weighted by molar-refractivity contribution is -0.384. The third-order valence-electron chi connectivity index (χ3n) is 3.43. The quantitative estimate of drug-likeness (QED) is 0.354. The molecule has 0 aliphatic carbocycles. The SMILES string of the molecule is COC(=O)c1ccc(C(=O)c2ccc([N+](=O)[O-])cc2)cc1C(=O)OC. The summed E-state index contributed by atoms with van der Waals surface area (Å²) < 4.78 is 9.22. The number of nitrogens with zero attached hydrogens (tertiary/aromatic N) is 1. The van der Waals surface area contributed by atoms with Crippen LogP contribution in [0.15, 0.2) is 42.5 Å². The van der Waals surface area contributed by atoms with Crippen molar-refractivity contribution in [3.8, 4) is 0 Å². The van der Waals surface area contributed by atoms with Gasteiger partial charge in [0.2, 0.25) is 0 Å². The van der Waals surface area contributed by atoms with Crippen molar-refractivity contribution in [1.82, 2.24) is 0 Å². The van der Waals surface area contributed by atoms with Crippen LogP contribution in [0, 0.1) is 10.1 Å². The molecule has 0 atom stereocenters. The molecule has 128 valence electrons. The molecule has 0 heterocycles. The molecule has 8 heteroatoms. The Morgan fingerprint density at radius 1 is 0.840 bits per heavy atom. The second-order valence-electron chi connectivity index (χ2n) is 4.88. The van der Waals surface area contributed by atoms with E-state index in [1.165, 1.54) is 49.6 Å². The fourth-order valence-electron chi connectivity index (χ4n) is 2.15. The Labute approximate surface area is 142 Å². The van der Waals surface area contributed by atoms with Crippen LogP contribution in [0.1, 0.15) is 36.6 Å². The normalized spacial score (nSPS) is 10.0. The summed E-state index contributed by atoms with van der Waals surface area (Å²) in [5.74, 6) is -2.00. The molecule has 0 unspecified atom stereocenters. The maximum absolute atomic E-state index is 12.5. The van der Waals surface area contributed by atoms with Gasteiger partial charge in [-0.15, -0.1) is 0 Å². The lowest BCUT2D eigenvalue weighted by Gasteiger charge is -2.08. The molecule has 2 aromatic rings. The smallest absolute Gasteiger partial charge is 0.338 e. The number of rotatable bonds is 5. The third-order valence-corrected chi connectivity index (χ3v) is 3.43. The molecule has 0 fully saturated rings. The van der Waals surface area contributed by atoms with Crippen molar-refractivity contribution in [2.75, 3.05) is 14.2 Å². The molecular formula is C17H13NO7. The molecule has 0 aliphatic rings. The zero-order valence-corrected chi connectivity index (χ0v) is 13.3. The van der Waals surface area contributed by atoms with E-state index in [1.54, 1.807) is 0 Å². The second kappa shape index (κ2) is 7.35. The lowest BCUT2D eigenvalue weighted by Crippen LogP contribution is -2.13. The van der Waals surface area contributed by atoms with E-state index in [0.29, 0.717) is 0 Å². The van der Waals surface area contributed by atoms with E-state index in [-0.39, 0.29) is 27.9 Å². The first-order valence-corrected chi connectivity index (χ1v) is 6.99. The maximum Gasteiger partial charge on any atom is 0.338 e. The van der Waals surface area contributed by atoms with Crippen LogP contribution in [0.5, 0.6) is 0 Å². The molecular weight excluding hydrogens is 330 g/mol. The Morgan fingerprint density at radius 3 is 1.88 bits per heavy atom. The van der Waals surface area contributed by atoms with E-state index in [2.05, 4.69) is 9.47 Å². The Hall–Kier alpha value is -3.55. The third kappa shape index (κ3) is 3.69. The zero-order chi connectivity index (χ0) is 18.6. The first-order chi connectivity index (χ1) is 11.9. The van der Waals surface area contributed by atoms with Crippen LogP contribution in [-0.4, -0.2) is 36.9 Å². The van der Waals surface area contributed by atoms with Gasteiger partial charge in [0.25, 0.3) is 5.69 Å². The van der Waals surface area contributed by atoms with E-state index in [9.17, 15) is 24.5 Å². The first kappa shape index (κ1) is 17.8. The number of ether oxygens (including phenoxy) is 2. The first-order valence-electron chi connectivity index (χ1n) is 6.99. The Kier molecular flexibility index (Phi) is 5.23. The summed E-state index contributed by atoms with van der Waals surface area (Å²) in [5.41, 5.74) is 0.0405. The van der Waals surface area contributed by atoms with Crippen molar-refractivity contribution in [2.45, 2.75) is 0 Å². The van der Waals surface area contributed by atoms with Gasteiger partial charge in [0.15, 0.2) is 5.78 Å². The van der Waals surface area contributed by atoms with E-state index in [1.807, 2.05) is 0 Å². The van der Waals surface area contributed by atoms with Crippen molar-refractivity contribution >= 4 is 23.4 Å². The predicted octanol–water partition coefficient (Wildman–Crippen LogP) is 2.40. The number of carbonyl (C=O) groups is 3. The molecule has 0 saturated carbocycles. The van der Waals surface area contributed by atoms with Crippen LogP contribution in [-0.2, 0) is 9.47 Å². The molecule has 0 spiro atoms. The fourth-order valence-corrected chi connectivity index (χ4v) is 2.15. The van der Waals surface area contributed by atoms with Gasteiger partial charge in [0, 0.05) is 23.3 Å². The van der Waals surface area contributed by atoms with Crippen LogP contribution in [0.25, 0.3) is 0 Å². The van der Waals surface area contributed by atoms with Gasteiger partial charge in [0.1, 0.15) is 0 Å². The number of nitro groups is 1. The minimum Gasteiger partial charge on any atom is -0.465 e. The predicted molar refractivity (Wildman–Crippen MR) is 85.6 cm³/mol. The topological polar surface area (TPSA) is 113 Å². The van der Waals surface area contributed by atoms with Gasteiger partial charge in [0.05, 0.1) is 30.3 Å². The molecule has 0 radical (unpaired) electrons. The van der Waals surface area contributed by atoms with Crippen LogP contribution < -0.4 is 0 Å². The van der Waals surface area contributed by atoms with E-state index in [0.717, 1.165) is 7.11 Å². The summed E-state index contributed by atoms with van der Waals surface area (Å²) in [6.45, 7) is 0. The Balaban J connectivity index is 2.44. The second-order valence-corrected chi connectivity index (χ2v) is 4.88. The van der Waals surface area contributed by atoms with Gasteiger partial charge in [-0.2, -0.15) is 0 Å². The number of hydrogen-bond acceptors (Lipinski definition) is 7. The molecule has 0 saturated heterocycles. The fraction of sp³-hybridized carbons (Fsp3) is 0.118. The van der Waals surface area contributed by atoms with Crippen molar-refractivity contribution in [2.24, 2.45) is 0 Å². The van der Waals surface area contributed by atoms with Crippen molar-refractivity contribution < 1.29 is 28.8 Å². The minimum atomic E-state index is -0.793. The molecule has 0 aromatic heterocycles. The summed E-state index contributed by atoms with van der Waals surface area (Å²) >= 11 is 0.